The maximum Gasteiger partial charge on any atom is 0.203 e. The van der Waals surface area contributed by atoms with Gasteiger partial charge in [-0.2, -0.15) is 0 Å². The van der Waals surface area contributed by atoms with Gasteiger partial charge in [-0.3, -0.25) is 0 Å². The molecule has 2 aromatic carbocycles. The highest BCUT2D eigenvalue weighted by Gasteiger charge is 2.24. The number of aromatic nitrogens is 2. The molecule has 1 atom stereocenters. The summed E-state index contributed by atoms with van der Waals surface area (Å²) in [6.45, 7) is 1.90. The molecule has 7 heteroatoms. The van der Waals surface area contributed by atoms with Crippen LogP contribution in [0.2, 0.25) is 0 Å². The number of aromatic hydroxyl groups is 1. The molecule has 0 spiro atoms. The summed E-state index contributed by atoms with van der Waals surface area (Å²) in [6, 6.07) is 16.6. The van der Waals surface area contributed by atoms with E-state index in [-0.39, 0.29) is 5.75 Å². The van der Waals surface area contributed by atoms with Gasteiger partial charge in [0.1, 0.15) is 17.1 Å². The molecule has 0 aliphatic heterocycles. The number of nitrogens with one attached hydrogen (secondary N) is 1. The normalized spacial score (nSPS) is 11.8. The smallest absolute Gasteiger partial charge is 0.203 e. The minimum atomic E-state index is -0.467. The summed E-state index contributed by atoms with van der Waals surface area (Å²) in [5, 5.41) is 15.5. The van der Waals surface area contributed by atoms with Gasteiger partial charge in [-0.1, -0.05) is 24.3 Å². The average molecular weight is 431 g/mol. The van der Waals surface area contributed by atoms with Gasteiger partial charge >= 0.3 is 0 Å². The zero-order valence-electron chi connectivity index (χ0n) is 18.4. The van der Waals surface area contributed by atoms with Gasteiger partial charge in [-0.05, 0) is 42.8 Å². The quantitative estimate of drug-likeness (QED) is 0.432. The molecule has 4 rings (SSSR count). The minimum absolute atomic E-state index is 0.105. The fraction of sp³-hybridized carbons (Fsp3) is 0.200. The highest BCUT2D eigenvalue weighted by molar-refractivity contribution is 5.86. The first-order valence-electron chi connectivity index (χ1n) is 10.1. The summed E-state index contributed by atoms with van der Waals surface area (Å²) in [4.78, 5) is 8.95. The molecule has 2 heterocycles. The number of methoxy groups -OCH3 is 3. The largest absolute Gasteiger partial charge is 0.505 e. The zero-order chi connectivity index (χ0) is 22.7. The van der Waals surface area contributed by atoms with Crippen LogP contribution in [0.25, 0.3) is 10.9 Å². The first-order chi connectivity index (χ1) is 15.5. The second-order valence-corrected chi connectivity index (χ2v) is 7.28. The molecular weight excluding hydrogens is 406 g/mol. The van der Waals surface area contributed by atoms with Crippen molar-refractivity contribution in [1.82, 2.24) is 9.97 Å². The van der Waals surface area contributed by atoms with Crippen LogP contribution in [0.3, 0.4) is 0 Å². The number of benzene rings is 2. The number of nitrogens with zero attached hydrogens (tertiary/aromatic N) is 2. The molecule has 0 aliphatic rings. The number of fused-ring (bicyclic) bond motifs is 1. The number of phenols is 1. The Morgan fingerprint density at radius 3 is 2.25 bits per heavy atom. The lowest BCUT2D eigenvalue weighted by Crippen LogP contribution is -2.14. The Morgan fingerprint density at radius 2 is 1.62 bits per heavy atom. The molecule has 2 aromatic heterocycles. The van der Waals surface area contributed by atoms with Crippen LogP contribution in [-0.4, -0.2) is 36.4 Å². The second-order valence-electron chi connectivity index (χ2n) is 7.28. The molecular formula is C25H25N3O4. The van der Waals surface area contributed by atoms with Gasteiger partial charge in [0.2, 0.25) is 5.75 Å². The topological polar surface area (TPSA) is 85.7 Å². The van der Waals surface area contributed by atoms with Crippen LogP contribution in [0.5, 0.6) is 23.0 Å². The monoisotopic (exact) mass is 431 g/mol. The second kappa shape index (κ2) is 9.01. The molecule has 0 saturated carbocycles. The molecule has 0 fully saturated rings. The predicted octanol–water partition coefficient (Wildman–Crippen LogP) is 4.87. The highest BCUT2D eigenvalue weighted by atomic mass is 16.5. The van der Waals surface area contributed by atoms with Crippen LogP contribution in [0.4, 0.5) is 5.82 Å². The average Bonchev–Trinajstić information content (AvgIpc) is 2.83. The Balaban J connectivity index is 1.93. The standard InChI is InChI=1S/C25H25N3O4/c1-15-8-9-16-10-11-18(24(29)23(16)27-15)22(28-21-7-5-6-12-26-21)17-13-19(30-2)25(32-4)20(14-17)31-3/h5-14,22,29H,1-4H3,(H,26,28). The van der Waals surface area contributed by atoms with Crippen LogP contribution >= 0.6 is 0 Å². The van der Waals surface area contributed by atoms with Gasteiger partial charge in [0.15, 0.2) is 11.5 Å². The third-order valence-electron chi connectivity index (χ3n) is 5.29. The van der Waals surface area contributed by atoms with E-state index in [1.165, 1.54) is 0 Å². The van der Waals surface area contributed by atoms with Crippen molar-refractivity contribution in [3.63, 3.8) is 0 Å². The van der Waals surface area contributed by atoms with Crippen molar-refractivity contribution in [2.45, 2.75) is 13.0 Å². The molecule has 164 valence electrons. The molecule has 0 bridgehead atoms. The van der Waals surface area contributed by atoms with E-state index in [1.807, 2.05) is 61.5 Å². The Hall–Kier alpha value is -4.00. The summed E-state index contributed by atoms with van der Waals surface area (Å²) in [5.41, 5.74) is 2.82. The number of anilines is 1. The van der Waals surface area contributed by atoms with E-state index in [0.717, 1.165) is 16.6 Å². The van der Waals surface area contributed by atoms with Gasteiger partial charge in [0.05, 0.1) is 27.4 Å². The van der Waals surface area contributed by atoms with E-state index in [9.17, 15) is 5.11 Å². The number of ether oxygens (including phenoxy) is 3. The van der Waals surface area contributed by atoms with Crippen LogP contribution in [0, 0.1) is 6.92 Å². The van der Waals surface area contributed by atoms with Crippen LogP contribution in [0.1, 0.15) is 22.9 Å². The first kappa shape index (κ1) is 21.2. The summed E-state index contributed by atoms with van der Waals surface area (Å²) < 4.78 is 16.6. The lowest BCUT2D eigenvalue weighted by Gasteiger charge is -2.24. The van der Waals surface area contributed by atoms with E-state index in [2.05, 4.69) is 15.3 Å². The SMILES string of the molecule is COc1cc(C(Nc2ccccn2)c2ccc3ccc(C)nc3c2O)cc(OC)c1OC. The summed E-state index contributed by atoms with van der Waals surface area (Å²) in [6.07, 6.45) is 1.71. The molecule has 7 nitrogen and oxygen atoms in total. The van der Waals surface area contributed by atoms with Crippen LogP contribution in [0.15, 0.2) is 60.8 Å². The number of hydrogen-bond acceptors (Lipinski definition) is 7. The Kier molecular flexibility index (Phi) is 5.98. The van der Waals surface area contributed by atoms with Crippen molar-refractivity contribution in [1.29, 1.82) is 0 Å². The molecule has 0 amide bonds. The molecule has 0 radical (unpaired) electrons. The minimum Gasteiger partial charge on any atom is -0.505 e. The molecule has 0 saturated heterocycles. The number of phenolic OH excluding ortho intramolecular Hbond substituents is 1. The number of pyridine rings is 2. The number of aryl methyl sites for hydroxylation is 1. The molecule has 32 heavy (non-hydrogen) atoms. The lowest BCUT2D eigenvalue weighted by atomic mass is 9.95. The Labute approximate surface area is 186 Å². The highest BCUT2D eigenvalue weighted by Crippen LogP contribution is 2.43. The van der Waals surface area contributed by atoms with E-state index < -0.39 is 6.04 Å². The summed E-state index contributed by atoms with van der Waals surface area (Å²) in [7, 11) is 4.71. The molecule has 2 N–H and O–H groups in total. The number of rotatable bonds is 7. The maximum absolute atomic E-state index is 11.2. The third-order valence-corrected chi connectivity index (χ3v) is 5.29. The van der Waals surface area contributed by atoms with Crippen LogP contribution < -0.4 is 19.5 Å². The van der Waals surface area contributed by atoms with Crippen molar-refractivity contribution in [3.05, 3.63) is 77.6 Å². The fourth-order valence-electron chi connectivity index (χ4n) is 3.72. The van der Waals surface area contributed by atoms with Gasteiger partial charge < -0.3 is 24.6 Å². The van der Waals surface area contributed by atoms with Crippen LogP contribution in [-0.2, 0) is 0 Å². The third kappa shape index (κ3) is 3.97. The van der Waals surface area contributed by atoms with Crippen molar-refractivity contribution in [2.75, 3.05) is 26.6 Å². The van der Waals surface area contributed by atoms with Crippen molar-refractivity contribution in [3.8, 4) is 23.0 Å². The maximum atomic E-state index is 11.2. The van der Waals surface area contributed by atoms with Crippen molar-refractivity contribution in [2.24, 2.45) is 0 Å². The Morgan fingerprint density at radius 1 is 0.906 bits per heavy atom. The zero-order valence-corrected chi connectivity index (χ0v) is 18.4. The van der Waals surface area contributed by atoms with Crippen molar-refractivity contribution >= 4 is 16.7 Å². The van der Waals surface area contributed by atoms with Gasteiger partial charge in [0, 0.05) is 22.8 Å². The van der Waals surface area contributed by atoms with E-state index in [4.69, 9.17) is 14.2 Å². The predicted molar refractivity (Wildman–Crippen MR) is 124 cm³/mol. The van der Waals surface area contributed by atoms with E-state index in [0.29, 0.717) is 34.1 Å². The molecule has 1 unspecified atom stereocenters. The summed E-state index contributed by atoms with van der Waals surface area (Å²) in [5.74, 6) is 2.29. The lowest BCUT2D eigenvalue weighted by molar-refractivity contribution is 0.323. The van der Waals surface area contributed by atoms with Gasteiger partial charge in [0.25, 0.3) is 0 Å². The van der Waals surface area contributed by atoms with E-state index >= 15 is 0 Å². The van der Waals surface area contributed by atoms with Gasteiger partial charge in [-0.25, -0.2) is 9.97 Å². The fourth-order valence-corrected chi connectivity index (χ4v) is 3.72. The Bertz CT molecular complexity index is 1220. The van der Waals surface area contributed by atoms with Crippen molar-refractivity contribution < 1.29 is 19.3 Å². The number of hydrogen-bond donors (Lipinski definition) is 2. The molecule has 0 aliphatic carbocycles. The van der Waals surface area contributed by atoms with Gasteiger partial charge in [-0.15, -0.1) is 0 Å². The first-order valence-corrected chi connectivity index (χ1v) is 10.1. The summed E-state index contributed by atoms with van der Waals surface area (Å²) >= 11 is 0. The molecule has 4 aromatic rings. The van der Waals surface area contributed by atoms with E-state index in [1.54, 1.807) is 27.5 Å².